The van der Waals surface area contributed by atoms with Gasteiger partial charge in [-0.15, -0.1) is 11.8 Å². The molecule has 0 radical (unpaired) electrons. The Balaban J connectivity index is 1.38. The molecule has 210 valence electrons. The third-order valence-corrected chi connectivity index (χ3v) is 8.24. The van der Waals surface area contributed by atoms with E-state index < -0.39 is 35.3 Å². The Morgan fingerprint density at radius 1 is 1.18 bits per heavy atom. The minimum atomic E-state index is -1.24. The van der Waals surface area contributed by atoms with Gasteiger partial charge in [-0.05, 0) is 61.9 Å². The fraction of sp³-hybridized carbons (Fsp3) is 0.429. The van der Waals surface area contributed by atoms with E-state index in [1.54, 1.807) is 18.2 Å². The van der Waals surface area contributed by atoms with E-state index in [0.29, 0.717) is 60.9 Å². The number of piperidine rings is 1. The first kappa shape index (κ1) is 29.1. The van der Waals surface area contributed by atoms with E-state index in [-0.39, 0.29) is 35.1 Å². The van der Waals surface area contributed by atoms with Crippen LogP contribution < -0.4 is 4.74 Å². The number of carboxylic acid groups (broad SMARTS) is 1. The Hall–Kier alpha value is -2.89. The van der Waals surface area contributed by atoms with E-state index in [0.717, 1.165) is 24.0 Å². The molecule has 0 bridgehead atoms. The van der Waals surface area contributed by atoms with Crippen LogP contribution in [0.2, 0.25) is 0 Å². The number of carboxylic acids is 1. The van der Waals surface area contributed by atoms with Gasteiger partial charge in [0.1, 0.15) is 17.4 Å². The van der Waals surface area contributed by atoms with Crippen LogP contribution >= 0.6 is 11.8 Å². The average Bonchev–Trinajstić information content (AvgIpc) is 2.90. The number of benzene rings is 2. The molecule has 0 amide bonds. The zero-order valence-corrected chi connectivity index (χ0v) is 22.2. The zero-order valence-electron chi connectivity index (χ0n) is 21.4. The van der Waals surface area contributed by atoms with E-state index in [9.17, 15) is 32.6 Å². The van der Waals surface area contributed by atoms with E-state index >= 15 is 0 Å². The van der Waals surface area contributed by atoms with Crippen LogP contribution in [0.1, 0.15) is 37.4 Å². The number of fused-ring (bicyclic) bond motifs is 1. The Morgan fingerprint density at radius 3 is 2.72 bits per heavy atom. The quantitative estimate of drug-likeness (QED) is 0.172. The van der Waals surface area contributed by atoms with Gasteiger partial charge in [0.05, 0.1) is 24.9 Å². The Labute approximate surface area is 228 Å². The highest BCUT2D eigenvalue weighted by Crippen LogP contribution is 2.36. The number of aromatic nitrogens is 1. The van der Waals surface area contributed by atoms with Crippen molar-refractivity contribution in [2.45, 2.75) is 36.7 Å². The number of rotatable bonds is 11. The number of aliphatic hydroxyl groups excluding tert-OH is 1. The maximum Gasteiger partial charge on any atom is 0.303 e. The molecule has 0 unspecified atom stereocenters. The fourth-order valence-electron chi connectivity index (χ4n) is 5.27. The number of likely N-dealkylation sites (tertiary alicyclic amines) is 1. The Morgan fingerprint density at radius 2 is 1.97 bits per heavy atom. The molecule has 1 saturated heterocycles. The SMILES string of the molecule is COc1ccc2ncc(F)c([C@@H](O)CC[C@@H]3CCN(CCSc4cc(F)cc(F)c4F)C[C@@H]3CC(=O)O)c2c1. The summed E-state index contributed by atoms with van der Waals surface area (Å²) in [5, 5.41) is 20.9. The summed E-state index contributed by atoms with van der Waals surface area (Å²) in [4.78, 5) is 17.6. The first-order chi connectivity index (χ1) is 18.7. The number of thioether (sulfide) groups is 1. The van der Waals surface area contributed by atoms with Crippen molar-refractivity contribution in [2.75, 3.05) is 32.5 Å². The van der Waals surface area contributed by atoms with Gasteiger partial charge in [-0.2, -0.15) is 0 Å². The van der Waals surface area contributed by atoms with Gasteiger partial charge in [0.2, 0.25) is 0 Å². The lowest BCUT2D eigenvalue weighted by Crippen LogP contribution is -2.42. The van der Waals surface area contributed by atoms with E-state index in [1.165, 1.54) is 7.11 Å². The first-order valence-electron chi connectivity index (χ1n) is 12.7. The van der Waals surface area contributed by atoms with Crippen molar-refractivity contribution in [3.63, 3.8) is 0 Å². The standard InChI is InChI=1S/C28H30F4N2O4S/c1-38-19-3-4-23-20(13-19)27(22(31)14-33-23)24(35)5-2-16-6-7-34(15-17(16)10-26(36)37)8-9-39-25-12-18(29)11-21(30)28(25)32/h3-4,11-14,16-17,24,35H,2,5-10,15H2,1H3,(H,36,37)/t16-,17+,24+/m1/s1. The molecule has 1 fully saturated rings. The molecule has 1 aliphatic heterocycles. The molecule has 1 aromatic heterocycles. The third-order valence-electron chi connectivity index (χ3n) is 7.25. The minimum Gasteiger partial charge on any atom is -0.497 e. The second-order valence-electron chi connectivity index (χ2n) is 9.75. The minimum absolute atomic E-state index is 0.000103. The van der Waals surface area contributed by atoms with Gasteiger partial charge in [-0.1, -0.05) is 0 Å². The second kappa shape index (κ2) is 13.0. The molecule has 0 aliphatic carbocycles. The summed E-state index contributed by atoms with van der Waals surface area (Å²) >= 11 is 1.01. The largest absolute Gasteiger partial charge is 0.497 e. The van der Waals surface area contributed by atoms with Crippen molar-refractivity contribution in [1.82, 2.24) is 9.88 Å². The molecule has 2 aromatic carbocycles. The van der Waals surface area contributed by atoms with E-state index in [2.05, 4.69) is 9.88 Å². The number of carbonyl (C=O) groups is 1. The molecule has 3 atom stereocenters. The van der Waals surface area contributed by atoms with Crippen molar-refractivity contribution >= 4 is 28.6 Å². The predicted octanol–water partition coefficient (Wildman–Crippen LogP) is 5.82. The van der Waals surface area contributed by atoms with Crippen molar-refractivity contribution in [3.8, 4) is 5.75 Å². The van der Waals surface area contributed by atoms with Gasteiger partial charge in [0.15, 0.2) is 11.6 Å². The zero-order chi connectivity index (χ0) is 28.1. The van der Waals surface area contributed by atoms with Gasteiger partial charge in [-0.3, -0.25) is 9.78 Å². The van der Waals surface area contributed by atoms with Crippen LogP contribution in [0, 0.1) is 35.1 Å². The smallest absolute Gasteiger partial charge is 0.303 e. The van der Waals surface area contributed by atoms with Crippen molar-refractivity contribution in [1.29, 1.82) is 0 Å². The number of methoxy groups -OCH3 is 1. The van der Waals surface area contributed by atoms with Crippen LogP contribution in [0.4, 0.5) is 17.6 Å². The topological polar surface area (TPSA) is 82.9 Å². The van der Waals surface area contributed by atoms with Gasteiger partial charge in [0.25, 0.3) is 0 Å². The molecule has 2 N–H and O–H groups in total. The number of aliphatic hydroxyl groups is 1. The monoisotopic (exact) mass is 566 g/mol. The Kier molecular flexibility index (Phi) is 9.68. The van der Waals surface area contributed by atoms with Crippen LogP contribution in [0.15, 0.2) is 41.4 Å². The summed E-state index contributed by atoms with van der Waals surface area (Å²) in [5.41, 5.74) is 0.672. The lowest BCUT2D eigenvalue weighted by molar-refractivity contribution is -0.139. The number of aliphatic carboxylic acids is 1. The van der Waals surface area contributed by atoms with Gasteiger partial charge >= 0.3 is 5.97 Å². The number of hydrogen-bond acceptors (Lipinski definition) is 6. The summed E-state index contributed by atoms with van der Waals surface area (Å²) in [6, 6.07) is 6.50. The van der Waals surface area contributed by atoms with Crippen molar-refractivity contribution < 1.29 is 37.3 Å². The van der Waals surface area contributed by atoms with Gasteiger partial charge in [-0.25, -0.2) is 17.6 Å². The van der Waals surface area contributed by atoms with Crippen LogP contribution in [0.3, 0.4) is 0 Å². The summed E-state index contributed by atoms with van der Waals surface area (Å²) < 4.78 is 60.8. The summed E-state index contributed by atoms with van der Waals surface area (Å²) in [6.45, 7) is 1.63. The van der Waals surface area contributed by atoms with Crippen LogP contribution in [0.25, 0.3) is 10.9 Å². The number of ether oxygens (including phenoxy) is 1. The maximum absolute atomic E-state index is 14.8. The maximum atomic E-state index is 14.8. The van der Waals surface area contributed by atoms with Gasteiger partial charge in [0, 0.05) is 47.2 Å². The van der Waals surface area contributed by atoms with Crippen LogP contribution in [-0.2, 0) is 4.79 Å². The molecular weight excluding hydrogens is 536 g/mol. The van der Waals surface area contributed by atoms with Crippen LogP contribution in [-0.4, -0.2) is 58.6 Å². The molecule has 6 nitrogen and oxygen atoms in total. The summed E-state index contributed by atoms with van der Waals surface area (Å²) in [5.74, 6) is -4.03. The third kappa shape index (κ3) is 7.20. The number of hydrogen-bond donors (Lipinski definition) is 2. The lowest BCUT2D eigenvalue weighted by Gasteiger charge is -2.38. The molecule has 0 saturated carbocycles. The molecule has 0 spiro atoms. The number of pyridine rings is 1. The molecule has 1 aliphatic rings. The lowest BCUT2D eigenvalue weighted by atomic mass is 9.79. The molecule has 2 heterocycles. The second-order valence-corrected chi connectivity index (χ2v) is 10.9. The fourth-order valence-corrected chi connectivity index (χ4v) is 6.26. The summed E-state index contributed by atoms with van der Waals surface area (Å²) in [7, 11) is 1.50. The van der Waals surface area contributed by atoms with E-state index in [4.69, 9.17) is 4.74 Å². The van der Waals surface area contributed by atoms with Crippen molar-refractivity contribution in [3.05, 3.63) is 65.4 Å². The number of nitrogens with zero attached hydrogens (tertiary/aromatic N) is 2. The van der Waals surface area contributed by atoms with Crippen LogP contribution in [0.5, 0.6) is 5.75 Å². The van der Waals surface area contributed by atoms with Gasteiger partial charge < -0.3 is 19.8 Å². The highest BCUT2D eigenvalue weighted by Gasteiger charge is 2.31. The highest BCUT2D eigenvalue weighted by molar-refractivity contribution is 7.99. The highest BCUT2D eigenvalue weighted by atomic mass is 32.2. The Bertz CT molecular complexity index is 1330. The average molecular weight is 567 g/mol. The normalized spacial score (nSPS) is 18.8. The number of halogens is 4. The summed E-state index contributed by atoms with van der Waals surface area (Å²) in [6.07, 6.45) is 1.34. The molecule has 39 heavy (non-hydrogen) atoms. The van der Waals surface area contributed by atoms with E-state index in [1.807, 2.05) is 0 Å². The molecular formula is C28H30F4N2O4S. The van der Waals surface area contributed by atoms with Crippen molar-refractivity contribution in [2.24, 2.45) is 11.8 Å². The molecule has 11 heteroatoms. The molecule has 4 rings (SSSR count). The first-order valence-corrected chi connectivity index (χ1v) is 13.7. The molecule has 3 aromatic rings. The predicted molar refractivity (Wildman–Crippen MR) is 140 cm³/mol.